The highest BCUT2D eigenvalue weighted by molar-refractivity contribution is 6.04. The first kappa shape index (κ1) is 24.1. The molecule has 0 unspecified atom stereocenters. The number of hydrogen-bond donors (Lipinski definition) is 1. The van der Waals surface area contributed by atoms with Gasteiger partial charge in [0.1, 0.15) is 29.0 Å². The Labute approximate surface area is 203 Å². The highest BCUT2D eigenvalue weighted by atomic mass is 16.5. The van der Waals surface area contributed by atoms with E-state index in [0.717, 1.165) is 25.2 Å². The van der Waals surface area contributed by atoms with Gasteiger partial charge < -0.3 is 24.4 Å². The number of methoxy groups -OCH3 is 1. The van der Waals surface area contributed by atoms with Crippen molar-refractivity contribution >= 4 is 17.6 Å². The Hall–Kier alpha value is -4.05. The Morgan fingerprint density at radius 3 is 2.46 bits per heavy atom. The summed E-state index contributed by atoms with van der Waals surface area (Å²) in [6, 6.07) is 8.17. The zero-order valence-electron chi connectivity index (χ0n) is 19.9. The number of nitrogens with one attached hydrogen (secondary N) is 1. The third-order valence-electron chi connectivity index (χ3n) is 5.24. The Bertz CT molecular complexity index is 1180. The number of aromatic nitrogens is 3. The fourth-order valence-electron chi connectivity index (χ4n) is 3.36. The number of amides is 2. The van der Waals surface area contributed by atoms with Crippen LogP contribution in [0.15, 0.2) is 48.9 Å². The predicted octanol–water partition coefficient (Wildman–Crippen LogP) is 3.48. The van der Waals surface area contributed by atoms with E-state index in [9.17, 15) is 9.59 Å². The van der Waals surface area contributed by atoms with Gasteiger partial charge in [0, 0.05) is 31.8 Å². The van der Waals surface area contributed by atoms with Crippen LogP contribution in [0.3, 0.4) is 0 Å². The molecule has 0 aliphatic carbocycles. The second-order valence-electron chi connectivity index (χ2n) is 8.20. The molecule has 4 rings (SSSR count). The Balaban J connectivity index is 1.54. The first-order chi connectivity index (χ1) is 16.9. The average Bonchev–Trinajstić information content (AvgIpc) is 2.80. The van der Waals surface area contributed by atoms with Gasteiger partial charge in [-0.15, -0.1) is 0 Å². The van der Waals surface area contributed by atoms with Crippen molar-refractivity contribution in [2.45, 2.75) is 26.4 Å². The molecule has 0 spiro atoms. The largest absolute Gasteiger partial charge is 0.488 e. The summed E-state index contributed by atoms with van der Waals surface area (Å²) in [6.07, 6.45) is 5.30. The minimum atomic E-state index is -0.397. The van der Waals surface area contributed by atoms with E-state index in [0.29, 0.717) is 40.9 Å². The second-order valence-corrected chi connectivity index (χ2v) is 8.20. The molecule has 3 aromatic rings. The molecule has 10 nitrogen and oxygen atoms in total. The van der Waals surface area contributed by atoms with Gasteiger partial charge >= 0.3 is 0 Å². The van der Waals surface area contributed by atoms with Gasteiger partial charge in [0.05, 0.1) is 30.9 Å². The van der Waals surface area contributed by atoms with E-state index < -0.39 is 5.91 Å². The molecule has 0 saturated carbocycles. The molecule has 1 aromatic carbocycles. The van der Waals surface area contributed by atoms with Crippen molar-refractivity contribution in [3.8, 4) is 17.2 Å². The summed E-state index contributed by atoms with van der Waals surface area (Å²) < 4.78 is 17.0. The number of aryl methyl sites for hydroxylation is 1. The van der Waals surface area contributed by atoms with Gasteiger partial charge in [0.25, 0.3) is 11.8 Å². The molecule has 2 aromatic heterocycles. The molecule has 1 N–H and O–H groups in total. The van der Waals surface area contributed by atoms with Crippen LogP contribution in [0.25, 0.3) is 0 Å². The number of nitrogens with zero attached hydrogens (tertiary/aromatic N) is 4. The highest BCUT2D eigenvalue weighted by Gasteiger charge is 2.22. The number of benzene rings is 1. The highest BCUT2D eigenvalue weighted by Crippen LogP contribution is 2.29. The normalized spacial score (nSPS) is 13.5. The van der Waals surface area contributed by atoms with Crippen LogP contribution in [0.4, 0.5) is 5.82 Å². The third-order valence-corrected chi connectivity index (χ3v) is 5.24. The van der Waals surface area contributed by atoms with Crippen molar-refractivity contribution in [2.24, 2.45) is 0 Å². The van der Waals surface area contributed by atoms with Crippen LogP contribution in [0, 0.1) is 6.92 Å². The molecule has 1 atom stereocenters. The van der Waals surface area contributed by atoms with Crippen LogP contribution in [0.5, 0.6) is 17.2 Å². The van der Waals surface area contributed by atoms with Crippen molar-refractivity contribution < 1.29 is 23.8 Å². The van der Waals surface area contributed by atoms with E-state index in [1.165, 1.54) is 12.4 Å². The summed E-state index contributed by atoms with van der Waals surface area (Å²) in [4.78, 5) is 39.5. The molecule has 1 aliphatic rings. The molecule has 182 valence electrons. The van der Waals surface area contributed by atoms with Gasteiger partial charge in [-0.2, -0.15) is 0 Å². The fraction of sp³-hybridized carbons (Fsp3) is 0.320. The number of likely N-dealkylation sites (tertiary alicyclic amines) is 1. The molecule has 3 heterocycles. The van der Waals surface area contributed by atoms with E-state index in [4.69, 9.17) is 14.2 Å². The van der Waals surface area contributed by atoms with Crippen molar-refractivity contribution in [3.05, 3.63) is 65.9 Å². The van der Waals surface area contributed by atoms with Crippen molar-refractivity contribution in [3.63, 3.8) is 0 Å². The Morgan fingerprint density at radius 1 is 1.03 bits per heavy atom. The maximum atomic E-state index is 12.9. The monoisotopic (exact) mass is 477 g/mol. The van der Waals surface area contributed by atoms with Crippen molar-refractivity contribution in [1.82, 2.24) is 19.9 Å². The number of ether oxygens (including phenoxy) is 3. The SMILES string of the molecule is COC[C@@H](C)Oc1cc(Oc2ccc(C(=O)N3CCC3)nc2)cc(C(=O)Nc2cnc(C)cn2)c1. The lowest BCUT2D eigenvalue weighted by atomic mass is 10.2. The molecule has 1 aliphatic heterocycles. The van der Waals surface area contributed by atoms with Crippen LogP contribution in [0.2, 0.25) is 0 Å². The van der Waals surface area contributed by atoms with Gasteiger partial charge in [-0.3, -0.25) is 14.6 Å². The lowest BCUT2D eigenvalue weighted by Crippen LogP contribution is -2.42. The van der Waals surface area contributed by atoms with Gasteiger partial charge in [-0.1, -0.05) is 0 Å². The topological polar surface area (TPSA) is 116 Å². The summed E-state index contributed by atoms with van der Waals surface area (Å²) in [5.41, 5.74) is 1.41. The van der Waals surface area contributed by atoms with Crippen LogP contribution in [0.1, 0.15) is 39.9 Å². The maximum absolute atomic E-state index is 12.9. The summed E-state index contributed by atoms with van der Waals surface area (Å²) in [6.45, 7) is 5.56. The molecule has 10 heteroatoms. The van der Waals surface area contributed by atoms with Crippen LogP contribution < -0.4 is 14.8 Å². The lowest BCUT2D eigenvalue weighted by molar-refractivity contribution is 0.0645. The molecule has 1 fully saturated rings. The Morgan fingerprint density at radius 2 is 1.83 bits per heavy atom. The average molecular weight is 478 g/mol. The summed E-state index contributed by atoms with van der Waals surface area (Å²) >= 11 is 0. The van der Waals surface area contributed by atoms with Gasteiger partial charge in [0.15, 0.2) is 5.82 Å². The lowest BCUT2D eigenvalue weighted by Gasteiger charge is -2.30. The smallest absolute Gasteiger partial charge is 0.272 e. The van der Waals surface area contributed by atoms with E-state index >= 15 is 0 Å². The molecule has 2 amide bonds. The van der Waals surface area contributed by atoms with Crippen molar-refractivity contribution in [2.75, 3.05) is 32.1 Å². The standard InChI is InChI=1S/C25H27N5O5/c1-16-12-28-23(14-26-16)29-24(31)18-9-20(34-17(2)15-33-3)11-21(10-18)35-19-5-6-22(27-13-19)25(32)30-7-4-8-30/h5-6,9-14,17H,4,7-8,15H2,1-3H3,(H,28,29,31)/t17-/m1/s1. The van der Waals surface area contributed by atoms with E-state index in [-0.39, 0.29) is 12.0 Å². The number of carbonyl (C=O) groups excluding carboxylic acids is 2. The zero-order chi connectivity index (χ0) is 24.8. The number of pyridine rings is 1. The molecular formula is C25H27N5O5. The third kappa shape index (κ3) is 6.30. The first-order valence-electron chi connectivity index (χ1n) is 11.2. The number of hydrogen-bond acceptors (Lipinski definition) is 8. The van der Waals surface area contributed by atoms with Gasteiger partial charge in [-0.25, -0.2) is 9.97 Å². The van der Waals surface area contributed by atoms with Gasteiger partial charge in [-0.05, 0) is 44.5 Å². The van der Waals surface area contributed by atoms with E-state index in [2.05, 4.69) is 20.3 Å². The van der Waals surface area contributed by atoms with Crippen molar-refractivity contribution in [1.29, 1.82) is 0 Å². The molecule has 0 bridgehead atoms. The zero-order valence-corrected chi connectivity index (χ0v) is 19.9. The minimum absolute atomic E-state index is 0.0940. The maximum Gasteiger partial charge on any atom is 0.272 e. The number of carbonyl (C=O) groups is 2. The summed E-state index contributed by atoms with van der Waals surface area (Å²) in [5, 5.41) is 2.72. The number of anilines is 1. The molecule has 1 saturated heterocycles. The number of rotatable bonds is 9. The van der Waals surface area contributed by atoms with Crippen LogP contribution in [-0.2, 0) is 4.74 Å². The summed E-state index contributed by atoms with van der Waals surface area (Å²) in [5.74, 6) is 1.06. The molecular weight excluding hydrogens is 450 g/mol. The summed E-state index contributed by atoms with van der Waals surface area (Å²) in [7, 11) is 1.59. The fourth-order valence-corrected chi connectivity index (χ4v) is 3.36. The Kier molecular flexibility index (Phi) is 7.51. The van der Waals surface area contributed by atoms with E-state index in [1.54, 1.807) is 48.5 Å². The quantitative estimate of drug-likeness (QED) is 0.498. The van der Waals surface area contributed by atoms with Crippen LogP contribution in [-0.4, -0.2) is 64.6 Å². The predicted molar refractivity (Wildman–Crippen MR) is 128 cm³/mol. The molecule has 0 radical (unpaired) electrons. The van der Waals surface area contributed by atoms with E-state index in [1.807, 2.05) is 13.8 Å². The van der Waals surface area contributed by atoms with Crippen LogP contribution >= 0.6 is 0 Å². The van der Waals surface area contributed by atoms with Gasteiger partial charge in [0.2, 0.25) is 0 Å². The first-order valence-corrected chi connectivity index (χ1v) is 11.2. The molecule has 35 heavy (non-hydrogen) atoms. The minimum Gasteiger partial charge on any atom is -0.488 e. The second kappa shape index (κ2) is 10.9.